The molecule has 4 rings (SSSR count). The van der Waals surface area contributed by atoms with Crippen LogP contribution < -0.4 is 10.6 Å². The first-order valence-corrected chi connectivity index (χ1v) is 11.2. The van der Waals surface area contributed by atoms with E-state index in [1.807, 2.05) is 24.3 Å². The second-order valence-electron chi connectivity index (χ2n) is 8.68. The lowest BCUT2D eigenvalue weighted by atomic mass is 10.0. The summed E-state index contributed by atoms with van der Waals surface area (Å²) >= 11 is 0. The number of likely N-dealkylation sites (tertiary alicyclic amines) is 1. The number of hydrogen-bond acceptors (Lipinski definition) is 6. The van der Waals surface area contributed by atoms with Gasteiger partial charge in [0.05, 0.1) is 0 Å². The number of likely N-dealkylation sites (N-methyl/N-ethyl adjacent to an activating group) is 1. The van der Waals surface area contributed by atoms with Crippen LogP contribution in [0.5, 0.6) is 5.75 Å². The maximum Gasteiger partial charge on any atom is 0.239 e. The van der Waals surface area contributed by atoms with Crippen molar-refractivity contribution in [3.63, 3.8) is 0 Å². The third kappa shape index (κ3) is 5.26. The molecule has 2 amide bonds. The van der Waals surface area contributed by atoms with E-state index in [9.17, 15) is 14.7 Å². The van der Waals surface area contributed by atoms with Crippen molar-refractivity contribution < 1.29 is 14.7 Å². The molecule has 2 aromatic rings. The molecule has 2 aliphatic heterocycles. The number of benzene rings is 1. The van der Waals surface area contributed by atoms with Gasteiger partial charge in [0, 0.05) is 57.1 Å². The Balaban J connectivity index is 1.32. The molecule has 0 radical (unpaired) electrons. The summed E-state index contributed by atoms with van der Waals surface area (Å²) in [6.07, 6.45) is 5.48. The summed E-state index contributed by atoms with van der Waals surface area (Å²) < 4.78 is 0. The maximum atomic E-state index is 12.9. The zero-order valence-corrected chi connectivity index (χ0v) is 18.4. The Morgan fingerprint density at radius 2 is 2.06 bits per heavy atom. The standard InChI is InChI=1S/C24H31N5O3/c1-28-19(6-9-22(31)26-14-18-3-2-11-25-13-18)15-27-24(32)23-21(28)10-12-29(23)16-17-4-7-20(30)8-5-17/h2-5,7-8,11,13,19,21,23,30H,6,9-10,12,14-16H2,1H3,(H,26,31)(H,27,32). The summed E-state index contributed by atoms with van der Waals surface area (Å²) in [6, 6.07) is 11.0. The van der Waals surface area contributed by atoms with E-state index in [-0.39, 0.29) is 35.7 Å². The van der Waals surface area contributed by atoms with Gasteiger partial charge in [0.1, 0.15) is 11.8 Å². The predicted molar refractivity (Wildman–Crippen MR) is 121 cm³/mol. The molecule has 8 heteroatoms. The summed E-state index contributed by atoms with van der Waals surface area (Å²) in [5.74, 6) is 0.309. The van der Waals surface area contributed by atoms with Crippen LogP contribution in [0.4, 0.5) is 0 Å². The van der Waals surface area contributed by atoms with E-state index < -0.39 is 0 Å². The summed E-state index contributed by atoms with van der Waals surface area (Å²) in [7, 11) is 2.07. The molecule has 170 valence electrons. The van der Waals surface area contributed by atoms with Gasteiger partial charge >= 0.3 is 0 Å². The van der Waals surface area contributed by atoms with Crippen LogP contribution in [-0.2, 0) is 22.7 Å². The SMILES string of the molecule is CN1C(CCC(=O)NCc2cccnc2)CNC(=O)C2C1CCN2Cc1ccc(O)cc1. The first-order valence-electron chi connectivity index (χ1n) is 11.2. The predicted octanol–water partition coefficient (Wildman–Crippen LogP) is 1.26. The topological polar surface area (TPSA) is 97.8 Å². The largest absolute Gasteiger partial charge is 0.508 e. The zero-order chi connectivity index (χ0) is 22.5. The van der Waals surface area contributed by atoms with Gasteiger partial charge < -0.3 is 15.7 Å². The lowest BCUT2D eigenvalue weighted by Crippen LogP contribution is -2.49. The Morgan fingerprint density at radius 1 is 1.25 bits per heavy atom. The van der Waals surface area contributed by atoms with Crippen LogP contribution in [0.15, 0.2) is 48.8 Å². The molecule has 3 unspecified atom stereocenters. The van der Waals surface area contributed by atoms with Crippen molar-refractivity contribution in [1.29, 1.82) is 0 Å². The quantitative estimate of drug-likeness (QED) is 0.603. The van der Waals surface area contributed by atoms with E-state index in [2.05, 4.69) is 32.5 Å². The molecule has 2 saturated heterocycles. The van der Waals surface area contributed by atoms with E-state index in [0.29, 0.717) is 32.5 Å². The molecule has 1 aromatic heterocycles. The number of rotatable bonds is 7. The van der Waals surface area contributed by atoms with Crippen molar-refractivity contribution in [1.82, 2.24) is 25.4 Å². The van der Waals surface area contributed by atoms with Gasteiger partial charge in [-0.3, -0.25) is 24.4 Å². The van der Waals surface area contributed by atoms with Crippen LogP contribution >= 0.6 is 0 Å². The fourth-order valence-electron chi connectivity index (χ4n) is 4.75. The minimum absolute atomic E-state index is 0.00903. The van der Waals surface area contributed by atoms with Crippen molar-refractivity contribution in [2.75, 3.05) is 20.1 Å². The number of pyridine rings is 1. The maximum absolute atomic E-state index is 12.9. The van der Waals surface area contributed by atoms with Crippen molar-refractivity contribution in [3.8, 4) is 5.75 Å². The number of aromatic hydroxyl groups is 1. The van der Waals surface area contributed by atoms with Gasteiger partial charge in [-0.25, -0.2) is 0 Å². The fourth-order valence-corrected chi connectivity index (χ4v) is 4.75. The van der Waals surface area contributed by atoms with E-state index in [1.165, 1.54) is 0 Å². The zero-order valence-electron chi connectivity index (χ0n) is 18.4. The number of nitrogens with one attached hydrogen (secondary N) is 2. The van der Waals surface area contributed by atoms with Crippen LogP contribution in [0.1, 0.15) is 30.4 Å². The van der Waals surface area contributed by atoms with Gasteiger partial charge in [-0.2, -0.15) is 0 Å². The molecular formula is C24H31N5O3. The Morgan fingerprint density at radius 3 is 2.81 bits per heavy atom. The Bertz CT molecular complexity index is 921. The molecule has 1 aromatic carbocycles. The molecule has 2 aliphatic rings. The van der Waals surface area contributed by atoms with Crippen molar-refractivity contribution >= 4 is 11.8 Å². The molecule has 0 spiro atoms. The first-order chi connectivity index (χ1) is 15.5. The van der Waals surface area contributed by atoms with Gasteiger partial charge in [0.2, 0.25) is 11.8 Å². The molecule has 3 heterocycles. The Hall–Kier alpha value is -2.97. The number of hydrogen-bond donors (Lipinski definition) is 3. The number of phenols is 1. The van der Waals surface area contributed by atoms with E-state index in [1.54, 1.807) is 24.5 Å². The highest BCUT2D eigenvalue weighted by atomic mass is 16.3. The Labute approximate surface area is 188 Å². The van der Waals surface area contributed by atoms with E-state index >= 15 is 0 Å². The molecule has 2 fully saturated rings. The highest BCUT2D eigenvalue weighted by Gasteiger charge is 2.44. The molecule has 0 saturated carbocycles. The monoisotopic (exact) mass is 437 g/mol. The van der Waals surface area contributed by atoms with Crippen LogP contribution in [0.25, 0.3) is 0 Å². The average molecular weight is 438 g/mol. The average Bonchev–Trinajstić information content (AvgIpc) is 3.18. The van der Waals surface area contributed by atoms with Crippen LogP contribution in [-0.4, -0.2) is 70.0 Å². The van der Waals surface area contributed by atoms with Gasteiger partial charge in [-0.1, -0.05) is 18.2 Å². The molecule has 8 nitrogen and oxygen atoms in total. The minimum atomic E-state index is -0.210. The lowest BCUT2D eigenvalue weighted by Gasteiger charge is -2.33. The number of aromatic nitrogens is 1. The van der Waals surface area contributed by atoms with Gasteiger partial charge in [0.15, 0.2) is 0 Å². The normalized spacial score (nSPS) is 23.9. The fraction of sp³-hybridized carbons (Fsp3) is 0.458. The molecule has 32 heavy (non-hydrogen) atoms. The highest BCUT2D eigenvalue weighted by Crippen LogP contribution is 2.28. The minimum Gasteiger partial charge on any atom is -0.508 e. The van der Waals surface area contributed by atoms with Crippen LogP contribution in [0.3, 0.4) is 0 Å². The van der Waals surface area contributed by atoms with Crippen molar-refractivity contribution in [2.45, 2.75) is 50.5 Å². The third-order valence-electron chi connectivity index (χ3n) is 6.59. The molecule has 0 aliphatic carbocycles. The first kappa shape index (κ1) is 22.2. The second-order valence-corrected chi connectivity index (χ2v) is 8.68. The third-order valence-corrected chi connectivity index (χ3v) is 6.59. The second kappa shape index (κ2) is 10.1. The smallest absolute Gasteiger partial charge is 0.239 e. The van der Waals surface area contributed by atoms with E-state index in [0.717, 1.165) is 24.1 Å². The van der Waals surface area contributed by atoms with Crippen LogP contribution in [0, 0.1) is 0 Å². The molecule has 3 N–H and O–H groups in total. The number of carbonyl (C=O) groups is 2. The number of fused-ring (bicyclic) bond motifs is 1. The highest BCUT2D eigenvalue weighted by molar-refractivity contribution is 5.83. The number of nitrogens with zero attached hydrogens (tertiary/aromatic N) is 3. The number of amides is 2. The lowest BCUT2D eigenvalue weighted by molar-refractivity contribution is -0.126. The van der Waals surface area contributed by atoms with Gasteiger partial charge in [0.25, 0.3) is 0 Å². The van der Waals surface area contributed by atoms with Crippen LogP contribution in [0.2, 0.25) is 0 Å². The van der Waals surface area contributed by atoms with Gasteiger partial charge in [-0.15, -0.1) is 0 Å². The summed E-state index contributed by atoms with van der Waals surface area (Å²) in [5, 5.41) is 15.6. The molecule has 0 bridgehead atoms. The summed E-state index contributed by atoms with van der Waals surface area (Å²) in [4.78, 5) is 33.9. The summed E-state index contributed by atoms with van der Waals surface area (Å²) in [5.41, 5.74) is 2.05. The van der Waals surface area contributed by atoms with E-state index in [4.69, 9.17) is 0 Å². The van der Waals surface area contributed by atoms with Crippen molar-refractivity contribution in [3.05, 3.63) is 59.9 Å². The number of carbonyl (C=O) groups excluding carboxylic acids is 2. The molecule has 3 atom stereocenters. The summed E-state index contributed by atoms with van der Waals surface area (Å²) in [6.45, 7) is 2.53. The van der Waals surface area contributed by atoms with Gasteiger partial charge in [-0.05, 0) is 49.2 Å². The van der Waals surface area contributed by atoms with Crippen molar-refractivity contribution in [2.24, 2.45) is 0 Å². The molecular weight excluding hydrogens is 406 g/mol. The Kier molecular flexibility index (Phi) is 7.02. The number of phenolic OH excluding ortho intramolecular Hbond substituents is 1.